The fraction of sp³-hybridized carbons (Fsp3) is 0.320. The van der Waals surface area contributed by atoms with Gasteiger partial charge in [0.25, 0.3) is 5.91 Å². The van der Waals surface area contributed by atoms with Gasteiger partial charge in [-0.3, -0.25) is 19.3 Å². The summed E-state index contributed by atoms with van der Waals surface area (Å²) in [5, 5.41) is 5.70. The lowest BCUT2D eigenvalue weighted by Gasteiger charge is -2.28. The lowest BCUT2D eigenvalue weighted by Crippen LogP contribution is -2.36. The van der Waals surface area contributed by atoms with Crippen molar-refractivity contribution >= 4 is 23.3 Å². The molecule has 2 N–H and O–H groups in total. The molecule has 0 aromatic heterocycles. The standard InChI is InChI=1S/C25H29N3O3/c1-18(25(31)27-22-12-10-20(11-13-22)19(2)29)16-24(30)26-17-23(28-14-6-7-15-28)21-8-4-3-5-9-21/h3-5,8-13,16,23H,6-7,14-15,17H2,1-2H3,(H,26,30)(H,27,31)/b18-16-. The highest BCUT2D eigenvalue weighted by Crippen LogP contribution is 2.24. The third-order valence-corrected chi connectivity index (χ3v) is 5.49. The zero-order valence-electron chi connectivity index (χ0n) is 18.1. The van der Waals surface area contributed by atoms with Crippen LogP contribution in [0.15, 0.2) is 66.2 Å². The van der Waals surface area contributed by atoms with E-state index in [-0.39, 0.29) is 23.6 Å². The van der Waals surface area contributed by atoms with E-state index < -0.39 is 0 Å². The molecule has 1 atom stereocenters. The Hall–Kier alpha value is -3.25. The Morgan fingerprint density at radius 3 is 2.23 bits per heavy atom. The number of ketones is 1. The molecule has 1 heterocycles. The van der Waals surface area contributed by atoms with Crippen LogP contribution in [0.2, 0.25) is 0 Å². The summed E-state index contributed by atoms with van der Waals surface area (Å²) in [6, 6.07) is 17.0. The van der Waals surface area contributed by atoms with Crippen LogP contribution in [0.3, 0.4) is 0 Å². The van der Waals surface area contributed by atoms with E-state index >= 15 is 0 Å². The van der Waals surface area contributed by atoms with Gasteiger partial charge in [0.05, 0.1) is 6.04 Å². The molecule has 0 saturated carbocycles. The predicted molar refractivity (Wildman–Crippen MR) is 122 cm³/mol. The molecule has 0 aliphatic carbocycles. The van der Waals surface area contributed by atoms with Crippen LogP contribution in [0.5, 0.6) is 0 Å². The van der Waals surface area contributed by atoms with Crippen molar-refractivity contribution in [2.75, 3.05) is 25.0 Å². The van der Waals surface area contributed by atoms with Gasteiger partial charge in [-0.25, -0.2) is 0 Å². The summed E-state index contributed by atoms with van der Waals surface area (Å²) in [5.41, 5.74) is 2.64. The molecular weight excluding hydrogens is 390 g/mol. The Balaban J connectivity index is 1.58. The molecule has 2 aromatic carbocycles. The van der Waals surface area contributed by atoms with Gasteiger partial charge in [-0.05, 0) is 69.6 Å². The van der Waals surface area contributed by atoms with Gasteiger partial charge in [0.15, 0.2) is 5.78 Å². The monoisotopic (exact) mass is 419 g/mol. The Kier molecular flexibility index (Phi) is 7.73. The topological polar surface area (TPSA) is 78.5 Å². The number of rotatable bonds is 8. The van der Waals surface area contributed by atoms with Crippen molar-refractivity contribution in [3.8, 4) is 0 Å². The maximum atomic E-state index is 12.5. The lowest BCUT2D eigenvalue weighted by molar-refractivity contribution is -0.117. The van der Waals surface area contributed by atoms with Crippen LogP contribution in [0.4, 0.5) is 5.69 Å². The molecule has 3 rings (SSSR count). The summed E-state index contributed by atoms with van der Waals surface area (Å²) >= 11 is 0. The van der Waals surface area contributed by atoms with Crippen molar-refractivity contribution in [1.82, 2.24) is 10.2 Å². The highest BCUT2D eigenvalue weighted by Gasteiger charge is 2.23. The first-order chi connectivity index (χ1) is 14.9. The Morgan fingerprint density at radius 2 is 1.61 bits per heavy atom. The number of nitrogens with zero attached hydrogens (tertiary/aromatic N) is 1. The number of hydrogen-bond acceptors (Lipinski definition) is 4. The van der Waals surface area contributed by atoms with Gasteiger partial charge < -0.3 is 10.6 Å². The second-order valence-corrected chi connectivity index (χ2v) is 7.83. The van der Waals surface area contributed by atoms with Crippen LogP contribution < -0.4 is 10.6 Å². The zero-order chi connectivity index (χ0) is 22.2. The number of hydrogen-bond donors (Lipinski definition) is 2. The summed E-state index contributed by atoms with van der Waals surface area (Å²) in [7, 11) is 0. The van der Waals surface area contributed by atoms with Crippen LogP contribution >= 0.6 is 0 Å². The second-order valence-electron chi connectivity index (χ2n) is 7.83. The molecule has 1 fully saturated rings. The van der Waals surface area contributed by atoms with Crippen LogP contribution in [-0.2, 0) is 9.59 Å². The maximum Gasteiger partial charge on any atom is 0.251 e. The quantitative estimate of drug-likeness (QED) is 0.505. The molecule has 1 unspecified atom stereocenters. The minimum Gasteiger partial charge on any atom is -0.351 e. The second kappa shape index (κ2) is 10.7. The summed E-state index contributed by atoms with van der Waals surface area (Å²) < 4.78 is 0. The third-order valence-electron chi connectivity index (χ3n) is 5.49. The Morgan fingerprint density at radius 1 is 0.968 bits per heavy atom. The zero-order valence-corrected chi connectivity index (χ0v) is 18.1. The van der Waals surface area contributed by atoms with Gasteiger partial charge in [-0.2, -0.15) is 0 Å². The fourth-order valence-electron chi connectivity index (χ4n) is 3.71. The van der Waals surface area contributed by atoms with Gasteiger partial charge in [-0.15, -0.1) is 0 Å². The molecule has 31 heavy (non-hydrogen) atoms. The van der Waals surface area contributed by atoms with Gasteiger partial charge in [0, 0.05) is 29.4 Å². The van der Waals surface area contributed by atoms with Gasteiger partial charge >= 0.3 is 0 Å². The Labute approximate surface area is 183 Å². The first-order valence-electron chi connectivity index (χ1n) is 10.6. The minimum absolute atomic E-state index is 0.0339. The van der Waals surface area contributed by atoms with Crippen molar-refractivity contribution in [1.29, 1.82) is 0 Å². The van der Waals surface area contributed by atoms with Crippen molar-refractivity contribution < 1.29 is 14.4 Å². The molecule has 2 amide bonds. The first kappa shape index (κ1) is 22.4. The summed E-state index contributed by atoms with van der Waals surface area (Å²) in [6.45, 7) is 5.63. The minimum atomic E-state index is -0.357. The molecule has 0 spiro atoms. The van der Waals surface area contributed by atoms with E-state index in [1.165, 1.54) is 31.4 Å². The molecule has 162 valence electrons. The van der Waals surface area contributed by atoms with Crippen LogP contribution in [0.25, 0.3) is 0 Å². The largest absolute Gasteiger partial charge is 0.351 e. The average Bonchev–Trinajstić information content (AvgIpc) is 3.29. The molecule has 6 heteroatoms. The van der Waals surface area contributed by atoms with Crippen LogP contribution in [0, 0.1) is 0 Å². The van der Waals surface area contributed by atoms with E-state index in [2.05, 4.69) is 27.7 Å². The van der Waals surface area contributed by atoms with Gasteiger partial charge in [-0.1, -0.05) is 30.3 Å². The summed E-state index contributed by atoms with van der Waals surface area (Å²) in [4.78, 5) is 38.6. The van der Waals surface area contributed by atoms with Crippen molar-refractivity contribution in [2.24, 2.45) is 0 Å². The van der Waals surface area contributed by atoms with Gasteiger partial charge in [0.2, 0.25) is 5.91 Å². The predicted octanol–water partition coefficient (Wildman–Crippen LogP) is 3.73. The highest BCUT2D eigenvalue weighted by atomic mass is 16.2. The number of benzene rings is 2. The highest BCUT2D eigenvalue weighted by molar-refractivity contribution is 6.07. The average molecular weight is 420 g/mol. The SMILES string of the molecule is CC(=O)c1ccc(NC(=O)/C(C)=C\C(=O)NCC(c2ccccc2)N2CCCC2)cc1. The number of likely N-dealkylation sites (tertiary alicyclic amines) is 1. The number of carbonyl (C=O) groups is 3. The van der Waals surface area contributed by atoms with Gasteiger partial charge in [0.1, 0.15) is 0 Å². The molecule has 1 aliphatic heterocycles. The molecular formula is C25H29N3O3. The lowest BCUT2D eigenvalue weighted by atomic mass is 10.1. The van der Waals surface area contributed by atoms with Crippen LogP contribution in [-0.4, -0.2) is 42.1 Å². The Bertz CT molecular complexity index is 946. The molecule has 0 radical (unpaired) electrons. The van der Waals surface area contributed by atoms with E-state index in [9.17, 15) is 14.4 Å². The molecule has 1 saturated heterocycles. The molecule has 6 nitrogen and oxygen atoms in total. The first-order valence-corrected chi connectivity index (χ1v) is 10.6. The number of nitrogens with one attached hydrogen (secondary N) is 2. The molecule has 0 bridgehead atoms. The van der Waals surface area contributed by atoms with Crippen molar-refractivity contribution in [3.63, 3.8) is 0 Å². The third kappa shape index (κ3) is 6.36. The van der Waals surface area contributed by atoms with E-state index in [0.29, 0.717) is 23.4 Å². The number of amides is 2. The van der Waals surface area contributed by atoms with Crippen molar-refractivity contribution in [3.05, 3.63) is 77.4 Å². The number of Topliss-reactive ketones (excluding diaryl/α,β-unsaturated/α-hetero) is 1. The number of anilines is 1. The number of carbonyl (C=O) groups excluding carboxylic acids is 3. The molecule has 2 aromatic rings. The normalized spacial score (nSPS) is 15.4. The van der Waals surface area contributed by atoms with E-state index in [1.54, 1.807) is 31.2 Å². The van der Waals surface area contributed by atoms with E-state index in [4.69, 9.17) is 0 Å². The van der Waals surface area contributed by atoms with E-state index in [0.717, 1.165) is 13.1 Å². The summed E-state index contributed by atoms with van der Waals surface area (Å²) in [6.07, 6.45) is 3.67. The maximum absolute atomic E-state index is 12.5. The fourth-order valence-corrected chi connectivity index (χ4v) is 3.71. The van der Waals surface area contributed by atoms with Crippen molar-refractivity contribution in [2.45, 2.75) is 32.7 Å². The van der Waals surface area contributed by atoms with Crippen LogP contribution in [0.1, 0.15) is 48.7 Å². The van der Waals surface area contributed by atoms with E-state index in [1.807, 2.05) is 18.2 Å². The molecule has 1 aliphatic rings. The summed E-state index contributed by atoms with van der Waals surface area (Å²) in [5.74, 6) is -0.682. The smallest absolute Gasteiger partial charge is 0.251 e.